The molecule has 0 bridgehead atoms. The van der Waals surface area contributed by atoms with Crippen molar-refractivity contribution in [3.8, 4) is 5.88 Å². The van der Waals surface area contributed by atoms with Gasteiger partial charge in [0.2, 0.25) is 5.88 Å². The van der Waals surface area contributed by atoms with Crippen LogP contribution in [0.3, 0.4) is 0 Å². The van der Waals surface area contributed by atoms with Crippen LogP contribution in [0.5, 0.6) is 5.88 Å². The van der Waals surface area contributed by atoms with Crippen LogP contribution in [0.25, 0.3) is 0 Å². The first-order valence-electron chi connectivity index (χ1n) is 7.22. The third-order valence-corrected chi connectivity index (χ3v) is 3.73. The van der Waals surface area contributed by atoms with Crippen molar-refractivity contribution >= 4 is 11.7 Å². The van der Waals surface area contributed by atoms with Gasteiger partial charge in [-0.25, -0.2) is 4.98 Å². The number of nitrogens with one attached hydrogen (secondary N) is 1. The second kappa shape index (κ2) is 6.05. The smallest absolute Gasteiger partial charge is 0.258 e. The second-order valence-electron chi connectivity index (χ2n) is 5.32. The highest BCUT2D eigenvalue weighted by Crippen LogP contribution is 2.19. The molecule has 7 heteroatoms. The Bertz CT molecular complexity index is 655. The van der Waals surface area contributed by atoms with E-state index in [-0.39, 0.29) is 11.9 Å². The van der Waals surface area contributed by atoms with E-state index in [0.29, 0.717) is 11.4 Å². The number of methoxy groups -OCH3 is 1. The highest BCUT2D eigenvalue weighted by molar-refractivity contribution is 5.96. The molecule has 2 aromatic heterocycles. The van der Waals surface area contributed by atoms with Crippen molar-refractivity contribution in [2.45, 2.75) is 12.5 Å². The number of aryl methyl sites for hydroxylation is 1. The van der Waals surface area contributed by atoms with Gasteiger partial charge in [0.05, 0.1) is 7.11 Å². The summed E-state index contributed by atoms with van der Waals surface area (Å²) in [5.74, 6) is 1.13. The fourth-order valence-corrected chi connectivity index (χ4v) is 2.66. The van der Waals surface area contributed by atoms with E-state index in [1.807, 2.05) is 18.2 Å². The van der Waals surface area contributed by atoms with Crippen molar-refractivity contribution < 1.29 is 9.53 Å². The van der Waals surface area contributed by atoms with Crippen LogP contribution in [0.2, 0.25) is 0 Å². The normalized spacial score (nSPS) is 17.5. The maximum Gasteiger partial charge on any atom is 0.258 e. The second-order valence-corrected chi connectivity index (χ2v) is 5.32. The van der Waals surface area contributed by atoms with E-state index in [4.69, 9.17) is 4.74 Å². The summed E-state index contributed by atoms with van der Waals surface area (Å²) in [6.07, 6.45) is 4.34. The van der Waals surface area contributed by atoms with Gasteiger partial charge >= 0.3 is 0 Å². The van der Waals surface area contributed by atoms with Gasteiger partial charge in [-0.2, -0.15) is 0 Å². The Morgan fingerprint density at radius 3 is 3.05 bits per heavy atom. The minimum atomic E-state index is -0.155. The van der Waals surface area contributed by atoms with Crippen molar-refractivity contribution in [2.24, 2.45) is 7.05 Å². The molecule has 1 fully saturated rings. The van der Waals surface area contributed by atoms with Crippen molar-refractivity contribution in [3.63, 3.8) is 0 Å². The fourth-order valence-electron chi connectivity index (χ4n) is 2.66. The summed E-state index contributed by atoms with van der Waals surface area (Å²) in [6, 6.07) is 5.94. The van der Waals surface area contributed by atoms with Crippen LogP contribution in [0.4, 0.5) is 5.82 Å². The summed E-state index contributed by atoms with van der Waals surface area (Å²) >= 11 is 0. The van der Waals surface area contributed by atoms with Gasteiger partial charge in [-0.05, 0) is 18.6 Å². The number of rotatable bonds is 4. The molecule has 2 aromatic rings. The van der Waals surface area contributed by atoms with E-state index in [1.54, 1.807) is 24.1 Å². The molecule has 1 unspecified atom stereocenters. The summed E-state index contributed by atoms with van der Waals surface area (Å²) in [5.41, 5.74) is 0.460. The molecule has 1 atom stereocenters. The number of anilines is 1. The van der Waals surface area contributed by atoms with Gasteiger partial charge < -0.3 is 15.0 Å². The maximum atomic E-state index is 12.4. The van der Waals surface area contributed by atoms with Crippen LogP contribution in [-0.4, -0.2) is 46.9 Å². The van der Waals surface area contributed by atoms with Crippen LogP contribution in [0, 0.1) is 0 Å². The van der Waals surface area contributed by atoms with Gasteiger partial charge in [0, 0.05) is 38.6 Å². The molecule has 116 valence electrons. The van der Waals surface area contributed by atoms with Gasteiger partial charge in [0.25, 0.3) is 5.91 Å². The average Bonchev–Trinajstić information content (AvgIpc) is 3.14. The van der Waals surface area contributed by atoms with E-state index in [1.165, 1.54) is 7.11 Å². The van der Waals surface area contributed by atoms with Crippen molar-refractivity contribution in [2.75, 3.05) is 25.1 Å². The molecule has 1 saturated heterocycles. The van der Waals surface area contributed by atoms with Crippen LogP contribution in [0.15, 0.2) is 30.6 Å². The highest BCUT2D eigenvalue weighted by atomic mass is 16.5. The molecule has 1 aliphatic heterocycles. The minimum Gasteiger partial charge on any atom is -0.479 e. The Hall–Kier alpha value is -2.57. The monoisotopic (exact) mass is 301 g/mol. The number of nitrogens with zero attached hydrogens (tertiary/aromatic N) is 4. The molecule has 0 spiro atoms. The lowest BCUT2D eigenvalue weighted by molar-refractivity contribution is 0.0937. The van der Waals surface area contributed by atoms with Crippen molar-refractivity contribution in [1.29, 1.82) is 0 Å². The number of carbonyl (C=O) groups excluding carboxylic acids is 1. The first-order chi connectivity index (χ1) is 10.7. The van der Waals surface area contributed by atoms with Gasteiger partial charge in [0.1, 0.15) is 11.4 Å². The van der Waals surface area contributed by atoms with E-state index in [9.17, 15) is 4.79 Å². The molecular weight excluding hydrogens is 282 g/mol. The Balaban J connectivity index is 1.63. The van der Waals surface area contributed by atoms with E-state index < -0.39 is 0 Å². The standard InChI is InChI=1S/C15H19N5O2/c1-19-10-12(15(18-19)22-2)14(21)17-11-6-8-20(9-11)13-5-3-4-7-16-13/h3-5,7,10-11H,6,8-9H2,1-2H3,(H,17,21). The number of hydrogen-bond donors (Lipinski definition) is 1. The van der Waals surface area contributed by atoms with Crippen molar-refractivity contribution in [3.05, 3.63) is 36.2 Å². The third kappa shape index (κ3) is 2.88. The lowest BCUT2D eigenvalue weighted by Crippen LogP contribution is -2.37. The van der Waals surface area contributed by atoms with Gasteiger partial charge in [-0.1, -0.05) is 6.07 Å². The number of pyridine rings is 1. The van der Waals surface area contributed by atoms with Gasteiger partial charge in [-0.3, -0.25) is 9.48 Å². The molecule has 0 aromatic carbocycles. The van der Waals surface area contributed by atoms with Crippen LogP contribution < -0.4 is 15.0 Å². The van der Waals surface area contributed by atoms with E-state index in [2.05, 4.69) is 20.3 Å². The molecule has 1 amide bonds. The molecule has 22 heavy (non-hydrogen) atoms. The SMILES string of the molecule is COc1nn(C)cc1C(=O)NC1CCN(c2ccccn2)C1. The number of hydrogen-bond acceptors (Lipinski definition) is 5. The van der Waals surface area contributed by atoms with Crippen LogP contribution in [-0.2, 0) is 7.05 Å². The predicted molar refractivity (Wildman–Crippen MR) is 82.1 cm³/mol. The summed E-state index contributed by atoms with van der Waals surface area (Å²) in [4.78, 5) is 18.9. The zero-order chi connectivity index (χ0) is 15.5. The van der Waals surface area contributed by atoms with Crippen LogP contribution >= 0.6 is 0 Å². The summed E-state index contributed by atoms with van der Waals surface area (Å²) in [6.45, 7) is 1.64. The maximum absolute atomic E-state index is 12.4. The number of ether oxygens (including phenoxy) is 1. The molecule has 0 radical (unpaired) electrons. The Kier molecular flexibility index (Phi) is 3.95. The summed E-state index contributed by atoms with van der Waals surface area (Å²) < 4.78 is 6.70. The number of carbonyl (C=O) groups is 1. The van der Waals surface area contributed by atoms with Crippen molar-refractivity contribution in [1.82, 2.24) is 20.1 Å². The molecule has 7 nitrogen and oxygen atoms in total. The number of amides is 1. The van der Waals surface area contributed by atoms with Gasteiger partial charge in [0.15, 0.2) is 0 Å². The van der Waals surface area contributed by atoms with Crippen LogP contribution in [0.1, 0.15) is 16.8 Å². The average molecular weight is 301 g/mol. The van der Waals surface area contributed by atoms with Gasteiger partial charge in [-0.15, -0.1) is 5.10 Å². The topological polar surface area (TPSA) is 72.3 Å². The fraction of sp³-hybridized carbons (Fsp3) is 0.400. The highest BCUT2D eigenvalue weighted by Gasteiger charge is 2.26. The van der Waals surface area contributed by atoms with E-state index >= 15 is 0 Å². The largest absolute Gasteiger partial charge is 0.479 e. The third-order valence-electron chi connectivity index (χ3n) is 3.73. The molecule has 1 N–H and O–H groups in total. The Morgan fingerprint density at radius 1 is 1.45 bits per heavy atom. The molecule has 3 rings (SSSR count). The first-order valence-corrected chi connectivity index (χ1v) is 7.22. The minimum absolute atomic E-state index is 0.0967. The Labute approximate surface area is 128 Å². The Morgan fingerprint density at radius 2 is 2.32 bits per heavy atom. The lowest BCUT2D eigenvalue weighted by atomic mass is 10.2. The number of aromatic nitrogens is 3. The first kappa shape index (κ1) is 14.4. The predicted octanol–water partition coefficient (Wildman–Crippen LogP) is 0.832. The molecule has 0 saturated carbocycles. The summed E-state index contributed by atoms with van der Waals surface area (Å²) in [7, 11) is 3.27. The zero-order valence-corrected chi connectivity index (χ0v) is 12.7. The molecular formula is C15H19N5O2. The quantitative estimate of drug-likeness (QED) is 0.905. The summed E-state index contributed by atoms with van der Waals surface area (Å²) in [5, 5.41) is 7.14. The molecule has 3 heterocycles. The lowest BCUT2D eigenvalue weighted by Gasteiger charge is -2.17. The zero-order valence-electron chi connectivity index (χ0n) is 12.7. The molecule has 0 aliphatic carbocycles. The van der Waals surface area contributed by atoms with E-state index in [0.717, 1.165) is 25.3 Å². The molecule has 1 aliphatic rings.